The number of hydrogen-bond acceptors (Lipinski definition) is 3. The number of nitrogens with two attached hydrogens (primary N) is 1. The van der Waals surface area contributed by atoms with E-state index in [1.165, 1.54) is 18.5 Å². The lowest BCUT2D eigenvalue weighted by molar-refractivity contribution is 0.472. The highest BCUT2D eigenvalue weighted by Gasteiger charge is 2.29. The lowest BCUT2D eigenvalue weighted by Crippen LogP contribution is -2.31. The standard InChI is InChI=1S/C10H16N2S/c1-3-10(2,11)9-12-8(6-13-9)7-4-5-7/h6-7H,3-5,11H2,1-2H3. The number of nitrogens with zero attached hydrogens (tertiary/aromatic N) is 1. The van der Waals surface area contributed by atoms with Crippen LogP contribution in [0, 0.1) is 0 Å². The van der Waals surface area contributed by atoms with Crippen molar-refractivity contribution in [2.24, 2.45) is 5.73 Å². The molecule has 1 aliphatic rings. The monoisotopic (exact) mass is 196 g/mol. The van der Waals surface area contributed by atoms with Crippen molar-refractivity contribution in [3.63, 3.8) is 0 Å². The van der Waals surface area contributed by atoms with Gasteiger partial charge in [0.05, 0.1) is 11.2 Å². The van der Waals surface area contributed by atoms with E-state index >= 15 is 0 Å². The first-order valence-electron chi connectivity index (χ1n) is 4.88. The summed E-state index contributed by atoms with van der Waals surface area (Å²) >= 11 is 1.71. The summed E-state index contributed by atoms with van der Waals surface area (Å²) in [6, 6.07) is 0. The van der Waals surface area contributed by atoms with Crippen LogP contribution in [0.15, 0.2) is 5.38 Å². The molecule has 1 saturated carbocycles. The van der Waals surface area contributed by atoms with E-state index in [4.69, 9.17) is 5.73 Å². The molecule has 0 spiro atoms. The fourth-order valence-corrected chi connectivity index (χ4v) is 2.32. The summed E-state index contributed by atoms with van der Waals surface area (Å²) in [5.74, 6) is 0.748. The average molecular weight is 196 g/mol. The van der Waals surface area contributed by atoms with Crippen molar-refractivity contribution in [2.45, 2.75) is 44.6 Å². The fourth-order valence-electron chi connectivity index (χ4n) is 1.27. The third kappa shape index (κ3) is 1.76. The molecule has 0 aromatic carbocycles. The number of rotatable bonds is 3. The molecule has 0 saturated heterocycles. The van der Waals surface area contributed by atoms with Crippen LogP contribution in [-0.2, 0) is 5.54 Å². The van der Waals surface area contributed by atoms with Gasteiger partial charge in [0.1, 0.15) is 5.01 Å². The van der Waals surface area contributed by atoms with Crippen LogP contribution < -0.4 is 5.73 Å². The van der Waals surface area contributed by atoms with Gasteiger partial charge in [-0.3, -0.25) is 0 Å². The maximum Gasteiger partial charge on any atom is 0.112 e. The van der Waals surface area contributed by atoms with Gasteiger partial charge in [0.2, 0.25) is 0 Å². The molecule has 0 amide bonds. The highest BCUT2D eigenvalue weighted by molar-refractivity contribution is 7.09. The van der Waals surface area contributed by atoms with E-state index < -0.39 is 0 Å². The van der Waals surface area contributed by atoms with Gasteiger partial charge in [-0.05, 0) is 26.2 Å². The Morgan fingerprint density at radius 2 is 2.38 bits per heavy atom. The first-order valence-corrected chi connectivity index (χ1v) is 5.76. The molecule has 1 aromatic rings. The van der Waals surface area contributed by atoms with Crippen LogP contribution >= 0.6 is 11.3 Å². The summed E-state index contributed by atoms with van der Waals surface area (Å²) in [5.41, 5.74) is 7.16. The Bertz CT molecular complexity index is 300. The second-order valence-corrected chi connectivity index (χ2v) is 4.98. The van der Waals surface area contributed by atoms with Crippen molar-refractivity contribution >= 4 is 11.3 Å². The van der Waals surface area contributed by atoms with Crippen molar-refractivity contribution in [3.8, 4) is 0 Å². The van der Waals surface area contributed by atoms with E-state index in [2.05, 4.69) is 24.2 Å². The maximum absolute atomic E-state index is 6.12. The zero-order chi connectivity index (χ0) is 9.47. The van der Waals surface area contributed by atoms with Gasteiger partial charge >= 0.3 is 0 Å². The first-order chi connectivity index (χ1) is 6.13. The molecule has 0 aliphatic heterocycles. The maximum atomic E-state index is 6.12. The molecule has 2 rings (SSSR count). The van der Waals surface area contributed by atoms with Crippen LogP contribution in [0.5, 0.6) is 0 Å². The van der Waals surface area contributed by atoms with Gasteiger partial charge in [0.25, 0.3) is 0 Å². The highest BCUT2D eigenvalue weighted by Crippen LogP contribution is 2.41. The predicted octanol–water partition coefficient (Wildman–Crippen LogP) is 2.60. The second-order valence-electron chi connectivity index (χ2n) is 4.12. The molecule has 1 unspecified atom stereocenters. The van der Waals surface area contributed by atoms with Crippen LogP contribution in [0.3, 0.4) is 0 Å². The van der Waals surface area contributed by atoms with Crippen LogP contribution in [0.4, 0.5) is 0 Å². The van der Waals surface area contributed by atoms with Crippen molar-refractivity contribution in [1.82, 2.24) is 4.98 Å². The van der Waals surface area contributed by atoms with Crippen molar-refractivity contribution < 1.29 is 0 Å². The summed E-state index contributed by atoms with van der Waals surface area (Å²) in [6.45, 7) is 4.17. The zero-order valence-corrected chi connectivity index (χ0v) is 9.03. The van der Waals surface area contributed by atoms with Gasteiger partial charge < -0.3 is 5.73 Å². The summed E-state index contributed by atoms with van der Waals surface area (Å²) < 4.78 is 0. The Hall–Kier alpha value is -0.410. The van der Waals surface area contributed by atoms with E-state index in [9.17, 15) is 0 Å². The van der Waals surface area contributed by atoms with Crippen molar-refractivity contribution in [3.05, 3.63) is 16.1 Å². The second kappa shape index (κ2) is 3.07. The third-order valence-corrected chi connectivity index (χ3v) is 3.88. The quantitative estimate of drug-likeness (QED) is 0.807. The van der Waals surface area contributed by atoms with Crippen molar-refractivity contribution in [1.29, 1.82) is 0 Å². The van der Waals surface area contributed by atoms with Crippen LogP contribution in [0.2, 0.25) is 0 Å². The predicted molar refractivity (Wildman–Crippen MR) is 55.9 cm³/mol. The molecule has 1 aromatic heterocycles. The zero-order valence-electron chi connectivity index (χ0n) is 8.21. The average Bonchev–Trinajstić information content (AvgIpc) is 2.83. The molecule has 3 heteroatoms. The largest absolute Gasteiger partial charge is 0.320 e. The lowest BCUT2D eigenvalue weighted by atomic mass is 10.0. The van der Waals surface area contributed by atoms with E-state index in [0.717, 1.165) is 17.3 Å². The van der Waals surface area contributed by atoms with Gasteiger partial charge in [-0.2, -0.15) is 0 Å². The van der Waals surface area contributed by atoms with Crippen LogP contribution in [0.1, 0.15) is 49.7 Å². The molecule has 0 bridgehead atoms. The highest BCUT2D eigenvalue weighted by atomic mass is 32.1. The minimum atomic E-state index is -0.224. The molecule has 72 valence electrons. The Balaban J connectivity index is 2.20. The number of thiazole rings is 1. The van der Waals surface area contributed by atoms with Gasteiger partial charge in [0, 0.05) is 11.3 Å². The van der Waals surface area contributed by atoms with E-state index in [1.807, 2.05) is 0 Å². The van der Waals surface area contributed by atoms with E-state index in [-0.39, 0.29) is 5.54 Å². The molecule has 1 aliphatic carbocycles. The van der Waals surface area contributed by atoms with Gasteiger partial charge in [-0.15, -0.1) is 11.3 Å². The topological polar surface area (TPSA) is 38.9 Å². The smallest absolute Gasteiger partial charge is 0.112 e. The van der Waals surface area contributed by atoms with Crippen LogP contribution in [-0.4, -0.2) is 4.98 Å². The molecule has 13 heavy (non-hydrogen) atoms. The summed E-state index contributed by atoms with van der Waals surface area (Å²) in [6.07, 6.45) is 3.58. The third-order valence-electron chi connectivity index (χ3n) is 2.74. The SMILES string of the molecule is CCC(C)(N)c1nc(C2CC2)cs1. The summed E-state index contributed by atoms with van der Waals surface area (Å²) in [5, 5.41) is 3.27. The Kier molecular flexibility index (Phi) is 2.16. The lowest BCUT2D eigenvalue weighted by Gasteiger charge is -2.18. The van der Waals surface area contributed by atoms with Gasteiger partial charge in [-0.1, -0.05) is 6.92 Å². The minimum Gasteiger partial charge on any atom is -0.320 e. The molecule has 2 nitrogen and oxygen atoms in total. The molecule has 1 atom stereocenters. The van der Waals surface area contributed by atoms with Crippen molar-refractivity contribution in [2.75, 3.05) is 0 Å². The Morgan fingerprint density at radius 1 is 1.69 bits per heavy atom. The molecule has 0 radical (unpaired) electrons. The summed E-state index contributed by atoms with van der Waals surface area (Å²) in [7, 11) is 0. The van der Waals surface area contributed by atoms with E-state index in [1.54, 1.807) is 11.3 Å². The van der Waals surface area contributed by atoms with Gasteiger partial charge in [0.15, 0.2) is 0 Å². The molecule has 1 heterocycles. The molecular formula is C10H16N2S. The number of hydrogen-bond donors (Lipinski definition) is 1. The van der Waals surface area contributed by atoms with E-state index in [0.29, 0.717) is 0 Å². The molecule has 1 fully saturated rings. The number of aromatic nitrogens is 1. The van der Waals surface area contributed by atoms with Crippen LogP contribution in [0.25, 0.3) is 0 Å². The first kappa shape index (κ1) is 9.16. The Labute approximate surface area is 83.2 Å². The normalized spacial score (nSPS) is 21.5. The fraction of sp³-hybridized carbons (Fsp3) is 0.700. The van der Waals surface area contributed by atoms with Gasteiger partial charge in [-0.25, -0.2) is 4.98 Å². The summed E-state index contributed by atoms with van der Waals surface area (Å²) in [4.78, 5) is 4.61. The minimum absolute atomic E-state index is 0.224. The Morgan fingerprint density at radius 3 is 2.92 bits per heavy atom. The molecule has 2 N–H and O–H groups in total. The molecular weight excluding hydrogens is 180 g/mol.